The molecule has 1 N–H and O–H groups in total. The van der Waals surface area contributed by atoms with E-state index in [2.05, 4.69) is 80.7 Å². The molecule has 0 fully saturated rings. The minimum absolute atomic E-state index is 0.418. The second kappa shape index (κ2) is 7.99. The van der Waals surface area contributed by atoms with E-state index in [1.807, 2.05) is 0 Å². The predicted octanol–water partition coefficient (Wildman–Crippen LogP) is 5.44. The summed E-state index contributed by atoms with van der Waals surface area (Å²) in [6, 6.07) is 20.6. The Morgan fingerprint density at radius 2 is 1.24 bits per heavy atom. The molecule has 1 heteroatoms. The van der Waals surface area contributed by atoms with Gasteiger partial charge in [-0.15, -0.1) is 0 Å². The van der Waals surface area contributed by atoms with Gasteiger partial charge >= 0.3 is 0 Å². The molecule has 0 aliphatic rings. The molecule has 21 heavy (non-hydrogen) atoms. The zero-order valence-corrected chi connectivity index (χ0v) is 13.5. The monoisotopic (exact) mass is 281 g/mol. The average Bonchev–Trinajstić information content (AvgIpc) is 2.57. The highest BCUT2D eigenvalue weighted by atomic mass is 14.9. The average molecular weight is 281 g/mol. The number of hydrogen-bond donors (Lipinski definition) is 1. The highest BCUT2D eigenvalue weighted by Crippen LogP contribution is 2.24. The Bertz CT molecular complexity index is 515. The smallest absolute Gasteiger partial charge is 0.0323 e. The summed E-state index contributed by atoms with van der Waals surface area (Å²) in [4.78, 5) is 0. The summed E-state index contributed by atoms with van der Waals surface area (Å²) in [5, 5.41) is 3.82. The van der Waals surface area contributed by atoms with Crippen LogP contribution >= 0.6 is 0 Å². The summed E-state index contributed by atoms with van der Waals surface area (Å²) in [5.41, 5.74) is 4.18. The van der Waals surface area contributed by atoms with Gasteiger partial charge < -0.3 is 5.32 Å². The Balaban J connectivity index is 2.13. The summed E-state index contributed by atoms with van der Waals surface area (Å²) in [6.45, 7) is 6.70. The maximum Gasteiger partial charge on any atom is 0.0323 e. The molecule has 112 valence electrons. The van der Waals surface area contributed by atoms with Crippen molar-refractivity contribution in [1.82, 2.24) is 5.32 Å². The molecule has 2 aromatic carbocycles. The van der Waals surface area contributed by atoms with Gasteiger partial charge in [-0.2, -0.15) is 0 Å². The molecule has 0 amide bonds. The van der Waals surface area contributed by atoms with Gasteiger partial charge in [0.05, 0.1) is 0 Å². The number of rotatable bonds is 7. The number of nitrogens with one attached hydrogen (secondary N) is 1. The third-order valence-corrected chi connectivity index (χ3v) is 4.21. The molecule has 2 aromatic rings. The fourth-order valence-corrected chi connectivity index (χ4v) is 2.81. The quantitative estimate of drug-likeness (QED) is 0.712. The summed E-state index contributed by atoms with van der Waals surface area (Å²) < 4.78 is 0. The molecule has 0 saturated carbocycles. The summed E-state index contributed by atoms with van der Waals surface area (Å²) in [6.07, 6.45) is 3.31. The van der Waals surface area contributed by atoms with Gasteiger partial charge in [0.1, 0.15) is 0 Å². The number of aryl methyl sites for hydroxylation is 1. The van der Waals surface area contributed by atoms with Crippen LogP contribution in [0.4, 0.5) is 0 Å². The minimum Gasteiger partial charge on any atom is -0.303 e. The van der Waals surface area contributed by atoms with Crippen LogP contribution in [0.5, 0.6) is 0 Å². The van der Waals surface area contributed by atoms with Crippen molar-refractivity contribution in [2.75, 3.05) is 0 Å². The van der Waals surface area contributed by atoms with Crippen LogP contribution in [0.1, 0.15) is 62.4 Å². The lowest BCUT2D eigenvalue weighted by Gasteiger charge is -2.25. The lowest BCUT2D eigenvalue weighted by atomic mass is 9.98. The van der Waals surface area contributed by atoms with Crippen LogP contribution in [0.2, 0.25) is 0 Å². The van der Waals surface area contributed by atoms with Gasteiger partial charge in [0, 0.05) is 12.1 Å². The molecule has 0 aliphatic carbocycles. The van der Waals surface area contributed by atoms with Crippen LogP contribution in [-0.2, 0) is 6.42 Å². The second-order valence-corrected chi connectivity index (χ2v) is 5.59. The van der Waals surface area contributed by atoms with Gasteiger partial charge in [-0.05, 0) is 36.0 Å². The Hall–Kier alpha value is -1.60. The third-order valence-electron chi connectivity index (χ3n) is 4.21. The Morgan fingerprint density at radius 3 is 1.71 bits per heavy atom. The van der Waals surface area contributed by atoms with Gasteiger partial charge in [0.25, 0.3) is 0 Å². The zero-order chi connectivity index (χ0) is 15.1. The van der Waals surface area contributed by atoms with Crippen LogP contribution in [-0.4, -0.2) is 0 Å². The van der Waals surface area contributed by atoms with Crippen molar-refractivity contribution in [3.05, 3.63) is 71.3 Å². The van der Waals surface area contributed by atoms with E-state index in [9.17, 15) is 0 Å². The minimum atomic E-state index is 0.418. The van der Waals surface area contributed by atoms with Crippen molar-refractivity contribution >= 4 is 0 Å². The summed E-state index contributed by atoms with van der Waals surface area (Å²) in [7, 11) is 0. The molecular formula is C20H27N. The maximum atomic E-state index is 3.82. The third kappa shape index (κ3) is 4.18. The molecule has 1 nitrogen and oxygen atoms in total. The first-order chi connectivity index (χ1) is 10.3. The number of benzene rings is 2. The van der Waals surface area contributed by atoms with Gasteiger partial charge in [-0.3, -0.25) is 0 Å². The Morgan fingerprint density at radius 1 is 0.714 bits per heavy atom. The highest BCUT2D eigenvalue weighted by Gasteiger charge is 2.15. The molecule has 2 unspecified atom stereocenters. The SMILES string of the molecule is CCc1ccc(C(CC)NC(CC)c2ccccc2)cc1. The van der Waals surface area contributed by atoms with Gasteiger partial charge in [-0.1, -0.05) is 75.4 Å². The lowest BCUT2D eigenvalue weighted by Crippen LogP contribution is -2.25. The van der Waals surface area contributed by atoms with E-state index in [4.69, 9.17) is 0 Å². The molecule has 0 bridgehead atoms. The van der Waals surface area contributed by atoms with E-state index in [0.717, 1.165) is 19.3 Å². The van der Waals surface area contributed by atoms with Crippen molar-refractivity contribution < 1.29 is 0 Å². The Kier molecular flexibility index (Phi) is 6.01. The molecule has 0 spiro atoms. The largest absolute Gasteiger partial charge is 0.303 e. The van der Waals surface area contributed by atoms with E-state index in [1.165, 1.54) is 16.7 Å². The first-order valence-corrected chi connectivity index (χ1v) is 8.18. The zero-order valence-electron chi connectivity index (χ0n) is 13.5. The molecule has 0 aromatic heterocycles. The van der Waals surface area contributed by atoms with Crippen molar-refractivity contribution in [1.29, 1.82) is 0 Å². The van der Waals surface area contributed by atoms with Crippen LogP contribution in [0, 0.1) is 0 Å². The molecule has 0 radical (unpaired) electrons. The van der Waals surface area contributed by atoms with Crippen LogP contribution in [0.25, 0.3) is 0 Å². The van der Waals surface area contributed by atoms with Crippen LogP contribution in [0.15, 0.2) is 54.6 Å². The van der Waals surface area contributed by atoms with Gasteiger partial charge in [0.2, 0.25) is 0 Å². The number of hydrogen-bond acceptors (Lipinski definition) is 1. The first-order valence-electron chi connectivity index (χ1n) is 8.18. The Labute approximate surface area is 129 Å². The van der Waals surface area contributed by atoms with E-state index in [1.54, 1.807) is 0 Å². The van der Waals surface area contributed by atoms with Gasteiger partial charge in [-0.25, -0.2) is 0 Å². The fourth-order valence-electron chi connectivity index (χ4n) is 2.81. The van der Waals surface area contributed by atoms with Crippen LogP contribution < -0.4 is 5.32 Å². The van der Waals surface area contributed by atoms with Crippen molar-refractivity contribution in [3.63, 3.8) is 0 Å². The molecule has 2 rings (SSSR count). The molecule has 0 heterocycles. The van der Waals surface area contributed by atoms with E-state index >= 15 is 0 Å². The first kappa shape index (κ1) is 15.8. The standard InChI is InChI=1S/C20H27N/c1-4-16-12-14-18(15-13-16)20(6-3)21-19(5-2)17-10-8-7-9-11-17/h7-15,19-21H,4-6H2,1-3H3. The highest BCUT2D eigenvalue weighted by molar-refractivity contribution is 5.26. The molecular weight excluding hydrogens is 254 g/mol. The summed E-state index contributed by atoms with van der Waals surface area (Å²) in [5.74, 6) is 0. The molecule has 0 aliphatic heterocycles. The predicted molar refractivity (Wildman–Crippen MR) is 91.5 cm³/mol. The normalized spacial score (nSPS) is 13.9. The van der Waals surface area contributed by atoms with E-state index < -0.39 is 0 Å². The van der Waals surface area contributed by atoms with Crippen molar-refractivity contribution in [2.45, 2.75) is 52.1 Å². The van der Waals surface area contributed by atoms with Gasteiger partial charge in [0.15, 0.2) is 0 Å². The molecule has 0 saturated heterocycles. The van der Waals surface area contributed by atoms with Crippen molar-refractivity contribution in [2.24, 2.45) is 0 Å². The van der Waals surface area contributed by atoms with E-state index in [0.29, 0.717) is 12.1 Å². The lowest BCUT2D eigenvalue weighted by molar-refractivity contribution is 0.426. The van der Waals surface area contributed by atoms with Crippen LogP contribution in [0.3, 0.4) is 0 Å². The summed E-state index contributed by atoms with van der Waals surface area (Å²) >= 11 is 0. The topological polar surface area (TPSA) is 12.0 Å². The second-order valence-electron chi connectivity index (χ2n) is 5.59. The van der Waals surface area contributed by atoms with E-state index in [-0.39, 0.29) is 0 Å². The maximum absolute atomic E-state index is 3.82. The fraction of sp³-hybridized carbons (Fsp3) is 0.400. The molecule has 2 atom stereocenters. The van der Waals surface area contributed by atoms with Crippen molar-refractivity contribution in [3.8, 4) is 0 Å².